The van der Waals surface area contributed by atoms with E-state index >= 15 is 0 Å². The Labute approximate surface area is 88.7 Å². The maximum atomic E-state index is 5.05. The summed E-state index contributed by atoms with van der Waals surface area (Å²) in [6, 6.07) is 2.08. The largest absolute Gasteiger partial charge is 0.336 e. The number of nitrogens with one attached hydrogen (secondary N) is 1. The van der Waals surface area contributed by atoms with Gasteiger partial charge in [-0.25, -0.2) is 4.98 Å². The fourth-order valence-corrected chi connectivity index (χ4v) is 1.49. The van der Waals surface area contributed by atoms with Gasteiger partial charge in [0.2, 0.25) is 0 Å². The quantitative estimate of drug-likeness (QED) is 0.776. The molecule has 2 rings (SSSR count). The smallest absolute Gasteiger partial charge is 0.257 e. The first-order chi connectivity index (χ1) is 7.31. The number of nitrogens with zero attached hydrogens (tertiary/aromatic N) is 2. The van der Waals surface area contributed by atoms with Crippen LogP contribution in [-0.2, 0) is 6.54 Å². The SMILES string of the molecule is CCCNCc1cnc2onc(C)c2c1. The van der Waals surface area contributed by atoms with Crippen LogP contribution in [0.25, 0.3) is 11.1 Å². The fraction of sp³-hybridized carbons (Fsp3) is 0.455. The van der Waals surface area contributed by atoms with Crippen LogP contribution < -0.4 is 5.32 Å². The van der Waals surface area contributed by atoms with E-state index in [9.17, 15) is 0 Å². The summed E-state index contributed by atoms with van der Waals surface area (Å²) in [7, 11) is 0. The van der Waals surface area contributed by atoms with E-state index in [1.54, 1.807) is 0 Å². The Balaban J connectivity index is 2.18. The number of rotatable bonds is 4. The van der Waals surface area contributed by atoms with Gasteiger partial charge in [0.15, 0.2) is 0 Å². The van der Waals surface area contributed by atoms with Crippen molar-refractivity contribution in [1.82, 2.24) is 15.5 Å². The molecular weight excluding hydrogens is 190 g/mol. The van der Waals surface area contributed by atoms with Gasteiger partial charge < -0.3 is 9.84 Å². The lowest BCUT2D eigenvalue weighted by molar-refractivity contribution is 0.443. The molecule has 0 aromatic carbocycles. The molecule has 0 amide bonds. The summed E-state index contributed by atoms with van der Waals surface area (Å²) in [5.74, 6) is 0. The predicted molar refractivity (Wildman–Crippen MR) is 58.5 cm³/mol. The van der Waals surface area contributed by atoms with Gasteiger partial charge in [-0.05, 0) is 31.5 Å². The van der Waals surface area contributed by atoms with Gasteiger partial charge in [-0.15, -0.1) is 0 Å². The van der Waals surface area contributed by atoms with Crippen LogP contribution in [0.1, 0.15) is 24.6 Å². The maximum Gasteiger partial charge on any atom is 0.257 e. The van der Waals surface area contributed by atoms with E-state index in [-0.39, 0.29) is 0 Å². The topological polar surface area (TPSA) is 51.0 Å². The zero-order valence-electron chi connectivity index (χ0n) is 9.08. The Hall–Kier alpha value is -1.42. The zero-order valence-corrected chi connectivity index (χ0v) is 9.08. The van der Waals surface area contributed by atoms with Crippen LogP contribution >= 0.6 is 0 Å². The van der Waals surface area contributed by atoms with E-state index in [1.807, 2.05) is 13.1 Å². The molecule has 0 aliphatic carbocycles. The van der Waals surface area contributed by atoms with E-state index in [0.29, 0.717) is 5.71 Å². The number of hydrogen-bond acceptors (Lipinski definition) is 4. The molecule has 0 saturated carbocycles. The molecule has 0 fully saturated rings. The minimum absolute atomic E-state index is 0.617. The monoisotopic (exact) mass is 205 g/mol. The van der Waals surface area contributed by atoms with Crippen molar-refractivity contribution in [3.8, 4) is 0 Å². The highest BCUT2D eigenvalue weighted by molar-refractivity contribution is 5.75. The third-order valence-electron chi connectivity index (χ3n) is 2.32. The second-order valence-corrected chi connectivity index (χ2v) is 3.64. The normalized spacial score (nSPS) is 11.1. The summed E-state index contributed by atoms with van der Waals surface area (Å²) < 4.78 is 5.05. The maximum absolute atomic E-state index is 5.05. The van der Waals surface area contributed by atoms with Gasteiger partial charge in [0.05, 0.1) is 11.1 Å². The van der Waals surface area contributed by atoms with E-state index < -0.39 is 0 Å². The zero-order chi connectivity index (χ0) is 10.7. The molecule has 0 bridgehead atoms. The lowest BCUT2D eigenvalue weighted by Crippen LogP contribution is -2.13. The van der Waals surface area contributed by atoms with Gasteiger partial charge >= 0.3 is 0 Å². The number of aromatic nitrogens is 2. The Morgan fingerprint density at radius 1 is 1.47 bits per heavy atom. The van der Waals surface area contributed by atoms with Crippen LogP contribution in [0.4, 0.5) is 0 Å². The molecule has 2 heterocycles. The molecule has 15 heavy (non-hydrogen) atoms. The van der Waals surface area contributed by atoms with E-state index in [0.717, 1.165) is 30.6 Å². The van der Waals surface area contributed by atoms with Crippen LogP contribution in [0.15, 0.2) is 16.8 Å². The van der Waals surface area contributed by atoms with Gasteiger partial charge in [-0.2, -0.15) is 0 Å². The number of hydrogen-bond donors (Lipinski definition) is 1. The van der Waals surface area contributed by atoms with Crippen molar-refractivity contribution >= 4 is 11.1 Å². The minimum Gasteiger partial charge on any atom is -0.336 e. The number of pyridine rings is 1. The molecule has 0 atom stereocenters. The predicted octanol–water partition coefficient (Wildman–Crippen LogP) is 2.03. The first kappa shape index (κ1) is 10.1. The van der Waals surface area contributed by atoms with Crippen molar-refractivity contribution in [2.75, 3.05) is 6.54 Å². The van der Waals surface area contributed by atoms with Crippen molar-refractivity contribution < 1.29 is 4.52 Å². The second kappa shape index (κ2) is 4.40. The average Bonchev–Trinajstić information content (AvgIpc) is 2.61. The van der Waals surface area contributed by atoms with Gasteiger partial charge in [-0.3, -0.25) is 0 Å². The van der Waals surface area contributed by atoms with Crippen LogP contribution in [0, 0.1) is 6.92 Å². The summed E-state index contributed by atoms with van der Waals surface area (Å²) in [6.07, 6.45) is 2.97. The van der Waals surface area contributed by atoms with E-state index in [4.69, 9.17) is 4.52 Å². The molecule has 80 valence electrons. The summed E-state index contributed by atoms with van der Waals surface area (Å²) in [5, 5.41) is 8.22. The van der Waals surface area contributed by atoms with Crippen LogP contribution in [-0.4, -0.2) is 16.7 Å². The Morgan fingerprint density at radius 3 is 3.13 bits per heavy atom. The van der Waals surface area contributed by atoms with Crippen molar-refractivity contribution in [3.63, 3.8) is 0 Å². The van der Waals surface area contributed by atoms with Crippen molar-refractivity contribution in [2.24, 2.45) is 0 Å². The highest BCUT2D eigenvalue weighted by Gasteiger charge is 2.05. The summed E-state index contributed by atoms with van der Waals surface area (Å²) in [5.41, 5.74) is 2.68. The minimum atomic E-state index is 0.617. The first-order valence-corrected chi connectivity index (χ1v) is 5.23. The highest BCUT2D eigenvalue weighted by atomic mass is 16.5. The fourth-order valence-electron chi connectivity index (χ4n) is 1.49. The average molecular weight is 205 g/mol. The standard InChI is InChI=1S/C11H15N3O/c1-3-4-12-6-9-5-10-8(2)14-15-11(10)13-7-9/h5,7,12H,3-4,6H2,1-2H3. The Kier molecular flexibility index (Phi) is 2.97. The molecule has 0 aliphatic rings. The van der Waals surface area contributed by atoms with Gasteiger partial charge in [0, 0.05) is 12.7 Å². The molecule has 1 N–H and O–H groups in total. The molecule has 0 unspecified atom stereocenters. The van der Waals surface area contributed by atoms with Crippen molar-refractivity contribution in [1.29, 1.82) is 0 Å². The summed E-state index contributed by atoms with van der Waals surface area (Å²) in [6.45, 7) is 5.96. The molecule has 0 saturated heterocycles. The summed E-state index contributed by atoms with van der Waals surface area (Å²) >= 11 is 0. The molecular formula is C11H15N3O. The van der Waals surface area contributed by atoms with Crippen molar-refractivity contribution in [3.05, 3.63) is 23.5 Å². The molecule has 4 nitrogen and oxygen atoms in total. The first-order valence-electron chi connectivity index (χ1n) is 5.23. The molecule has 2 aromatic heterocycles. The third-order valence-corrected chi connectivity index (χ3v) is 2.32. The van der Waals surface area contributed by atoms with Crippen LogP contribution in [0.2, 0.25) is 0 Å². The molecule has 2 aromatic rings. The highest BCUT2D eigenvalue weighted by Crippen LogP contribution is 2.16. The molecule has 4 heteroatoms. The van der Waals surface area contributed by atoms with E-state index in [1.165, 1.54) is 5.56 Å². The number of fused-ring (bicyclic) bond motifs is 1. The van der Waals surface area contributed by atoms with Crippen LogP contribution in [0.5, 0.6) is 0 Å². The van der Waals surface area contributed by atoms with Gasteiger partial charge in [-0.1, -0.05) is 12.1 Å². The molecule has 0 spiro atoms. The summed E-state index contributed by atoms with van der Waals surface area (Å²) in [4.78, 5) is 4.21. The Bertz CT molecular complexity index is 450. The van der Waals surface area contributed by atoms with Gasteiger partial charge in [0.1, 0.15) is 0 Å². The Morgan fingerprint density at radius 2 is 2.33 bits per heavy atom. The third kappa shape index (κ3) is 2.15. The molecule has 0 radical (unpaired) electrons. The second-order valence-electron chi connectivity index (χ2n) is 3.64. The lowest BCUT2D eigenvalue weighted by Gasteiger charge is -2.01. The van der Waals surface area contributed by atoms with Gasteiger partial charge in [0.25, 0.3) is 5.71 Å². The van der Waals surface area contributed by atoms with E-state index in [2.05, 4.69) is 28.4 Å². The lowest BCUT2D eigenvalue weighted by atomic mass is 10.2. The van der Waals surface area contributed by atoms with Crippen LogP contribution in [0.3, 0.4) is 0 Å². The number of aryl methyl sites for hydroxylation is 1. The molecule has 0 aliphatic heterocycles. The van der Waals surface area contributed by atoms with Crippen molar-refractivity contribution in [2.45, 2.75) is 26.8 Å².